The third-order valence-corrected chi connectivity index (χ3v) is 10.4. The highest BCUT2D eigenvalue weighted by Gasteiger charge is 2.84. The van der Waals surface area contributed by atoms with Gasteiger partial charge >= 0.3 is 23.9 Å². The van der Waals surface area contributed by atoms with Crippen LogP contribution in [0.25, 0.3) is 0 Å². The maximum absolute atomic E-state index is 14.5. The summed E-state index contributed by atoms with van der Waals surface area (Å²) in [6.07, 6.45) is -2.03. The molecule has 0 radical (unpaired) electrons. The molecule has 11 heteroatoms. The molecule has 2 saturated heterocycles. The predicted molar refractivity (Wildman–Crippen MR) is 145 cm³/mol. The molecule has 5 aliphatic rings. The van der Waals surface area contributed by atoms with Crippen LogP contribution in [0.5, 0.6) is 0 Å². The van der Waals surface area contributed by atoms with Crippen LogP contribution in [0.15, 0.2) is 11.6 Å². The van der Waals surface area contributed by atoms with Gasteiger partial charge < -0.3 is 28.4 Å². The first-order chi connectivity index (χ1) is 19.3. The Labute approximate surface area is 245 Å². The average Bonchev–Trinajstić information content (AvgIpc) is 3.78. The predicted octanol–water partition coefficient (Wildman–Crippen LogP) is 2.86. The van der Waals surface area contributed by atoms with Gasteiger partial charge in [-0.1, -0.05) is 27.7 Å². The molecule has 5 rings (SSSR count). The van der Waals surface area contributed by atoms with Gasteiger partial charge in [-0.2, -0.15) is 0 Å². The summed E-state index contributed by atoms with van der Waals surface area (Å²) in [4.78, 5) is 64.8. The molecule has 232 valence electrons. The van der Waals surface area contributed by atoms with E-state index in [0.717, 1.165) is 0 Å². The lowest BCUT2D eigenvalue weighted by Crippen LogP contribution is -2.44. The van der Waals surface area contributed by atoms with E-state index in [1.807, 2.05) is 20.8 Å². The third-order valence-electron chi connectivity index (χ3n) is 10.4. The molecule has 11 nitrogen and oxygen atoms in total. The van der Waals surface area contributed by atoms with Crippen molar-refractivity contribution in [3.05, 3.63) is 11.6 Å². The summed E-state index contributed by atoms with van der Waals surface area (Å²) >= 11 is 0. The van der Waals surface area contributed by atoms with Gasteiger partial charge in [-0.25, -0.2) is 4.79 Å². The zero-order valence-corrected chi connectivity index (χ0v) is 26.0. The normalized spacial score (nSPS) is 47.6. The molecule has 0 amide bonds. The van der Waals surface area contributed by atoms with Crippen LogP contribution < -0.4 is 0 Å². The van der Waals surface area contributed by atoms with Crippen molar-refractivity contribution in [1.29, 1.82) is 0 Å². The number of hydrogen-bond donors (Lipinski definition) is 0. The summed E-state index contributed by atoms with van der Waals surface area (Å²) in [5.41, 5.74) is -3.86. The van der Waals surface area contributed by atoms with E-state index in [-0.39, 0.29) is 30.1 Å². The van der Waals surface area contributed by atoms with Crippen molar-refractivity contribution in [2.45, 2.75) is 123 Å². The van der Waals surface area contributed by atoms with Crippen LogP contribution >= 0.6 is 0 Å². The molecule has 4 fully saturated rings. The lowest BCUT2D eigenvalue weighted by molar-refractivity contribution is -0.166. The number of ether oxygens (including phenoxy) is 6. The molecular weight excluding hydrogens is 548 g/mol. The van der Waals surface area contributed by atoms with Crippen molar-refractivity contribution in [3.63, 3.8) is 0 Å². The topological polar surface area (TPSA) is 147 Å². The highest BCUT2D eigenvalue weighted by Crippen LogP contribution is 2.69. The fraction of sp³-hybridized carbons (Fsp3) is 0.774. The summed E-state index contributed by atoms with van der Waals surface area (Å²) in [6, 6.07) is 0. The minimum Gasteiger partial charge on any atom is -0.461 e. The molecule has 0 bridgehead atoms. The molecule has 2 aliphatic heterocycles. The van der Waals surface area contributed by atoms with Crippen LogP contribution in [-0.2, 0) is 52.4 Å². The van der Waals surface area contributed by atoms with Gasteiger partial charge in [0.1, 0.15) is 18.3 Å². The monoisotopic (exact) mass is 590 g/mol. The second kappa shape index (κ2) is 9.61. The molecule has 2 saturated carbocycles. The van der Waals surface area contributed by atoms with Crippen molar-refractivity contribution in [2.24, 2.45) is 29.1 Å². The number of carbonyl (C=O) groups excluding carboxylic acids is 5. The second-order valence-corrected chi connectivity index (χ2v) is 13.7. The van der Waals surface area contributed by atoms with E-state index in [2.05, 4.69) is 0 Å². The van der Waals surface area contributed by atoms with Gasteiger partial charge in [0.15, 0.2) is 28.7 Å². The molecule has 2 heterocycles. The van der Waals surface area contributed by atoms with Gasteiger partial charge in [0.25, 0.3) is 0 Å². The lowest BCUT2D eigenvalue weighted by atomic mass is 9.80. The number of carbonyl (C=O) groups is 5. The molecule has 42 heavy (non-hydrogen) atoms. The van der Waals surface area contributed by atoms with Crippen molar-refractivity contribution in [1.82, 2.24) is 0 Å². The quantitative estimate of drug-likeness (QED) is 0.201. The van der Waals surface area contributed by atoms with E-state index in [9.17, 15) is 24.0 Å². The Morgan fingerprint density at radius 2 is 1.38 bits per heavy atom. The van der Waals surface area contributed by atoms with Crippen molar-refractivity contribution in [3.8, 4) is 0 Å². The van der Waals surface area contributed by atoms with Gasteiger partial charge in [0.05, 0.1) is 12.0 Å². The minimum absolute atomic E-state index is 0.262. The third kappa shape index (κ3) is 4.41. The summed E-state index contributed by atoms with van der Waals surface area (Å²) in [5.74, 6) is -4.40. The number of esters is 4. The Hall–Kier alpha value is -2.79. The molecule has 0 aromatic rings. The number of rotatable bonds is 5. The van der Waals surface area contributed by atoms with Crippen molar-refractivity contribution >= 4 is 29.7 Å². The highest BCUT2D eigenvalue weighted by atomic mass is 16.7. The van der Waals surface area contributed by atoms with E-state index >= 15 is 0 Å². The number of fused-ring (bicyclic) bond motifs is 1. The molecule has 0 aromatic heterocycles. The van der Waals surface area contributed by atoms with Gasteiger partial charge in [0, 0.05) is 32.6 Å². The first-order valence-electron chi connectivity index (χ1n) is 14.7. The molecule has 0 N–H and O–H groups in total. The maximum Gasteiger partial charge on any atom is 0.341 e. The van der Waals surface area contributed by atoms with Gasteiger partial charge in [-0.15, -0.1) is 0 Å². The van der Waals surface area contributed by atoms with Crippen LogP contribution in [0.1, 0.15) is 75.7 Å². The van der Waals surface area contributed by atoms with Crippen LogP contribution in [0, 0.1) is 29.1 Å². The summed E-state index contributed by atoms with van der Waals surface area (Å²) < 4.78 is 35.5. The number of hydrogen-bond acceptors (Lipinski definition) is 11. The Morgan fingerprint density at radius 1 is 0.857 bits per heavy atom. The number of ketones is 1. The standard InChI is InChI=1S/C31H42O11/c1-13-11-31-26(40-27(36)29(10)16(4)41-29)14(2)12-30(31,42-31)25(35)15(3)23(38-18(6)33)20-21(28(20,8)9)24(39-19(7)34)22(13)37-17(5)32/h11,14-16,20-24,26H,12H2,1-10H3/b13-11+/t14-,15+,16?,20-,21+,22+,23-,24-,26-,29?,30-,31-/m0/s1. The van der Waals surface area contributed by atoms with Crippen LogP contribution in [0.4, 0.5) is 0 Å². The molecule has 12 atom stereocenters. The zero-order valence-electron chi connectivity index (χ0n) is 26.0. The van der Waals surface area contributed by atoms with E-state index in [0.29, 0.717) is 5.57 Å². The van der Waals surface area contributed by atoms with Crippen molar-refractivity contribution < 1.29 is 52.4 Å². The Kier molecular flexibility index (Phi) is 7.01. The van der Waals surface area contributed by atoms with E-state index in [1.54, 1.807) is 33.8 Å². The molecule has 2 unspecified atom stereocenters. The van der Waals surface area contributed by atoms with E-state index in [4.69, 9.17) is 28.4 Å². The highest BCUT2D eigenvalue weighted by molar-refractivity contribution is 5.96. The molecule has 3 aliphatic carbocycles. The fourth-order valence-corrected chi connectivity index (χ4v) is 7.99. The van der Waals surface area contributed by atoms with Crippen LogP contribution in [0.2, 0.25) is 0 Å². The first kappa shape index (κ1) is 30.7. The average molecular weight is 591 g/mol. The lowest BCUT2D eigenvalue weighted by Gasteiger charge is -2.30. The van der Waals surface area contributed by atoms with Gasteiger partial charge in [0.2, 0.25) is 0 Å². The van der Waals surface area contributed by atoms with Gasteiger partial charge in [-0.05, 0) is 50.2 Å². The SMILES string of the molecule is CC(=O)O[C@@H]1[C@@H]2[C@H]([C@H](OC(C)=O)[C@H](OC(C)=O)/C(C)=C/[C@@]34O[C@@]3(C[C@H](C)[C@@H]4OC(=O)C3(C)OC3C)C(=O)[C@@H]1C)C2(C)C. The molecule has 0 spiro atoms. The Balaban J connectivity index is 1.66. The van der Waals surface area contributed by atoms with E-state index < -0.39 is 82.3 Å². The largest absolute Gasteiger partial charge is 0.461 e. The summed E-state index contributed by atoms with van der Waals surface area (Å²) in [7, 11) is 0. The minimum atomic E-state index is -1.37. The number of Topliss-reactive ketones (excluding diaryl/α,β-unsaturated/α-hetero) is 1. The van der Waals surface area contributed by atoms with E-state index in [1.165, 1.54) is 20.8 Å². The molecular formula is C31H42O11. The second-order valence-electron chi connectivity index (χ2n) is 13.7. The molecule has 0 aromatic carbocycles. The smallest absolute Gasteiger partial charge is 0.341 e. The van der Waals surface area contributed by atoms with Crippen LogP contribution in [0.3, 0.4) is 0 Å². The summed E-state index contributed by atoms with van der Waals surface area (Å²) in [5, 5.41) is 0. The zero-order chi connectivity index (χ0) is 31.3. The maximum atomic E-state index is 14.5. The Morgan fingerprint density at radius 3 is 1.90 bits per heavy atom. The Bertz CT molecular complexity index is 1270. The van der Waals surface area contributed by atoms with Gasteiger partial charge in [-0.3, -0.25) is 19.2 Å². The fourth-order valence-electron chi connectivity index (χ4n) is 7.99. The summed E-state index contributed by atoms with van der Waals surface area (Å²) in [6.45, 7) is 16.5. The number of epoxide rings is 2. The first-order valence-corrected chi connectivity index (χ1v) is 14.7. The van der Waals surface area contributed by atoms with Crippen molar-refractivity contribution in [2.75, 3.05) is 0 Å². The van der Waals surface area contributed by atoms with Crippen LogP contribution in [-0.4, -0.2) is 77.0 Å².